The van der Waals surface area contributed by atoms with Gasteiger partial charge in [0.2, 0.25) is 5.95 Å². The molecule has 0 unspecified atom stereocenters. The molecule has 0 amide bonds. The van der Waals surface area contributed by atoms with Crippen LogP contribution < -0.4 is 10.2 Å². The summed E-state index contributed by atoms with van der Waals surface area (Å²) in [6, 6.07) is 6.40. The Hall–Kier alpha value is -3.33. The summed E-state index contributed by atoms with van der Waals surface area (Å²) in [4.78, 5) is 6.85. The second kappa shape index (κ2) is 7.42. The smallest absolute Gasteiger partial charge is 0.245 e. The van der Waals surface area contributed by atoms with Crippen LogP contribution in [0, 0.1) is 12.3 Å². The molecule has 5 rings (SSSR count). The second-order valence-electron chi connectivity index (χ2n) is 9.15. The molecule has 3 aromatic heterocycles. The van der Waals surface area contributed by atoms with E-state index in [2.05, 4.69) is 61.5 Å². The van der Waals surface area contributed by atoms with E-state index in [1.165, 1.54) is 0 Å². The molecule has 9 heteroatoms. The lowest BCUT2D eigenvalue weighted by Crippen LogP contribution is -2.56. The molecule has 1 aromatic carbocycles. The Morgan fingerprint density at radius 3 is 2.68 bits per heavy atom. The van der Waals surface area contributed by atoms with Gasteiger partial charge < -0.3 is 10.2 Å². The van der Waals surface area contributed by atoms with Crippen molar-refractivity contribution in [3.63, 3.8) is 0 Å². The van der Waals surface area contributed by atoms with Crippen LogP contribution in [0.15, 0.2) is 36.8 Å². The number of rotatable bonds is 3. The van der Waals surface area contributed by atoms with Crippen molar-refractivity contribution in [2.45, 2.75) is 33.7 Å². The van der Waals surface area contributed by atoms with Crippen molar-refractivity contribution in [3.8, 4) is 16.9 Å². The zero-order valence-corrected chi connectivity index (χ0v) is 18.3. The minimum atomic E-state index is 0.174. The van der Waals surface area contributed by atoms with Crippen molar-refractivity contribution in [1.29, 1.82) is 0 Å². The van der Waals surface area contributed by atoms with E-state index in [1.807, 2.05) is 42.2 Å². The van der Waals surface area contributed by atoms with E-state index in [0.29, 0.717) is 12.0 Å². The maximum Gasteiger partial charge on any atom is 0.245 e. The average Bonchev–Trinajstić information content (AvgIpc) is 3.42. The van der Waals surface area contributed by atoms with Gasteiger partial charge in [0.25, 0.3) is 0 Å². The highest BCUT2D eigenvalue weighted by molar-refractivity contribution is 5.97. The van der Waals surface area contributed by atoms with Gasteiger partial charge in [0.1, 0.15) is 5.69 Å². The van der Waals surface area contributed by atoms with Crippen LogP contribution in [0.2, 0.25) is 0 Å². The summed E-state index contributed by atoms with van der Waals surface area (Å²) in [5, 5.41) is 25.4. The van der Waals surface area contributed by atoms with Gasteiger partial charge in [-0.2, -0.15) is 10.2 Å². The molecule has 0 bridgehead atoms. The van der Waals surface area contributed by atoms with Gasteiger partial charge in [-0.15, -0.1) is 10.2 Å². The fourth-order valence-corrected chi connectivity index (χ4v) is 4.03. The van der Waals surface area contributed by atoms with E-state index in [1.54, 1.807) is 6.20 Å². The summed E-state index contributed by atoms with van der Waals surface area (Å²) in [7, 11) is 0. The first-order valence-electron chi connectivity index (χ1n) is 10.6. The lowest BCUT2D eigenvalue weighted by molar-refractivity contribution is 0.252. The number of anilines is 1. The zero-order valence-electron chi connectivity index (χ0n) is 18.3. The van der Waals surface area contributed by atoms with Crippen LogP contribution in [0.4, 0.5) is 5.95 Å². The van der Waals surface area contributed by atoms with Crippen LogP contribution in [0.5, 0.6) is 0 Å². The Balaban J connectivity index is 1.45. The molecular formula is C22H27N9. The number of H-pyrrole nitrogens is 1. The van der Waals surface area contributed by atoms with Gasteiger partial charge in [-0.1, -0.05) is 20.8 Å². The number of benzene rings is 1. The maximum atomic E-state index is 4.65. The quantitative estimate of drug-likeness (QED) is 0.529. The number of nitrogens with zero attached hydrogens (tertiary/aromatic N) is 7. The van der Waals surface area contributed by atoms with Gasteiger partial charge in [-0.05, 0) is 30.5 Å². The zero-order chi connectivity index (χ0) is 21.6. The molecular weight excluding hydrogens is 390 g/mol. The van der Waals surface area contributed by atoms with Crippen LogP contribution in [-0.2, 0) is 0 Å². The van der Waals surface area contributed by atoms with Gasteiger partial charge in [-0.3, -0.25) is 5.10 Å². The summed E-state index contributed by atoms with van der Waals surface area (Å²) >= 11 is 0. The molecule has 0 saturated carbocycles. The third-order valence-corrected chi connectivity index (χ3v) is 5.89. The number of piperazine rings is 1. The van der Waals surface area contributed by atoms with Crippen LogP contribution in [-0.4, -0.2) is 60.8 Å². The molecule has 1 fully saturated rings. The fourth-order valence-electron chi connectivity index (χ4n) is 4.03. The molecule has 1 aliphatic heterocycles. The first-order chi connectivity index (χ1) is 14.9. The maximum absolute atomic E-state index is 4.65. The van der Waals surface area contributed by atoms with Gasteiger partial charge >= 0.3 is 0 Å². The second-order valence-corrected chi connectivity index (χ2v) is 9.15. The first kappa shape index (κ1) is 19.6. The fraction of sp³-hybridized carbons (Fsp3) is 0.409. The van der Waals surface area contributed by atoms with Crippen LogP contribution in [0.3, 0.4) is 0 Å². The van der Waals surface area contributed by atoms with Crippen LogP contribution in [0.1, 0.15) is 26.5 Å². The number of fused-ring (bicyclic) bond motifs is 1. The molecule has 0 spiro atoms. The topological polar surface area (TPSA) is 100 Å². The Bertz CT molecular complexity index is 1200. The third kappa shape index (κ3) is 3.65. The standard InChI is InChI=1S/C22H27N9/c1-14-7-9-31(29-14)18-6-5-15(16-11-25-27-20(16)18)17-12-24-21(28-26-17)30-10-8-23-19(13-30)22(2,3)4/h5-7,9,11-12,19,23H,8,10,13H2,1-4H3,(H,25,27)/t19-/m0/s1. The van der Waals surface area contributed by atoms with Crippen molar-refractivity contribution >= 4 is 16.9 Å². The monoisotopic (exact) mass is 417 g/mol. The first-order valence-corrected chi connectivity index (χ1v) is 10.6. The molecule has 1 atom stereocenters. The minimum absolute atomic E-state index is 0.174. The lowest BCUT2D eigenvalue weighted by Gasteiger charge is -2.40. The number of aromatic amines is 1. The average molecular weight is 418 g/mol. The van der Waals surface area contributed by atoms with E-state index < -0.39 is 0 Å². The number of aryl methyl sites for hydroxylation is 1. The van der Waals surface area contributed by atoms with Gasteiger partial charge in [0.15, 0.2) is 0 Å². The number of hydrogen-bond acceptors (Lipinski definition) is 7. The molecule has 31 heavy (non-hydrogen) atoms. The van der Waals surface area contributed by atoms with Gasteiger partial charge in [0, 0.05) is 42.8 Å². The highest BCUT2D eigenvalue weighted by Crippen LogP contribution is 2.30. The van der Waals surface area contributed by atoms with Crippen molar-refractivity contribution in [2.75, 3.05) is 24.5 Å². The largest absolute Gasteiger partial charge is 0.337 e. The summed E-state index contributed by atoms with van der Waals surface area (Å²) < 4.78 is 1.85. The number of nitrogens with one attached hydrogen (secondary N) is 2. The van der Waals surface area contributed by atoms with E-state index in [9.17, 15) is 0 Å². The SMILES string of the molecule is Cc1ccn(-c2ccc(-c3cnc(N4CCN[C@H](C(C)(C)C)C4)nn3)c3cn[nH]c23)n1. The number of aromatic nitrogens is 7. The third-order valence-electron chi connectivity index (χ3n) is 5.89. The normalized spacial score (nSPS) is 17.4. The van der Waals surface area contributed by atoms with Gasteiger partial charge in [0.05, 0.1) is 29.3 Å². The lowest BCUT2D eigenvalue weighted by atomic mass is 9.85. The molecule has 2 N–H and O–H groups in total. The van der Waals surface area contributed by atoms with Crippen LogP contribution in [0.25, 0.3) is 27.8 Å². The summed E-state index contributed by atoms with van der Waals surface area (Å²) in [5.74, 6) is 0.673. The highest BCUT2D eigenvalue weighted by atomic mass is 15.3. The number of hydrogen-bond donors (Lipinski definition) is 2. The summed E-state index contributed by atoms with van der Waals surface area (Å²) in [5.41, 5.74) is 4.64. The molecule has 1 saturated heterocycles. The molecule has 0 radical (unpaired) electrons. The van der Waals surface area contributed by atoms with Gasteiger partial charge in [-0.25, -0.2) is 9.67 Å². The highest BCUT2D eigenvalue weighted by Gasteiger charge is 2.30. The van der Waals surface area contributed by atoms with E-state index in [0.717, 1.165) is 53.2 Å². The molecule has 0 aliphatic carbocycles. The van der Waals surface area contributed by atoms with Crippen LogP contribution >= 0.6 is 0 Å². The van der Waals surface area contributed by atoms with Crippen molar-refractivity contribution in [3.05, 3.63) is 42.5 Å². The van der Waals surface area contributed by atoms with Crippen molar-refractivity contribution in [1.82, 2.24) is 40.5 Å². The molecule has 4 heterocycles. The van der Waals surface area contributed by atoms with E-state index in [4.69, 9.17) is 0 Å². The molecule has 160 valence electrons. The molecule has 4 aromatic rings. The Labute approximate surface area is 180 Å². The van der Waals surface area contributed by atoms with Crippen molar-refractivity contribution in [2.24, 2.45) is 5.41 Å². The van der Waals surface area contributed by atoms with Crippen molar-refractivity contribution < 1.29 is 0 Å². The minimum Gasteiger partial charge on any atom is -0.337 e. The predicted molar refractivity (Wildman–Crippen MR) is 120 cm³/mol. The molecule has 1 aliphatic rings. The van der Waals surface area contributed by atoms with E-state index >= 15 is 0 Å². The predicted octanol–water partition coefficient (Wildman–Crippen LogP) is 2.73. The van der Waals surface area contributed by atoms with E-state index in [-0.39, 0.29) is 5.41 Å². The summed E-state index contributed by atoms with van der Waals surface area (Å²) in [6.45, 7) is 11.4. The summed E-state index contributed by atoms with van der Waals surface area (Å²) in [6.07, 6.45) is 5.55. The Kier molecular flexibility index (Phi) is 4.70. The Morgan fingerprint density at radius 2 is 1.97 bits per heavy atom. The Morgan fingerprint density at radius 1 is 1.10 bits per heavy atom. The molecule has 9 nitrogen and oxygen atoms in total.